The standard InChI is InChI=1S/C13H9F4NS/c14-10-6-5-9(11(15)12(10)18)7-1-3-8(4-2-7)19-13(16)17/h1-6,13H,18H2. The lowest BCUT2D eigenvalue weighted by Crippen LogP contribution is -1.97. The molecule has 19 heavy (non-hydrogen) atoms. The van der Waals surface area contributed by atoms with Gasteiger partial charge in [0.2, 0.25) is 0 Å². The quantitative estimate of drug-likeness (QED) is 0.510. The summed E-state index contributed by atoms with van der Waals surface area (Å²) >= 11 is 0.400. The van der Waals surface area contributed by atoms with Crippen LogP contribution in [0, 0.1) is 11.6 Å². The Balaban J connectivity index is 2.35. The summed E-state index contributed by atoms with van der Waals surface area (Å²) in [6.45, 7) is 0. The van der Waals surface area contributed by atoms with Gasteiger partial charge in [-0.25, -0.2) is 8.78 Å². The van der Waals surface area contributed by atoms with Gasteiger partial charge >= 0.3 is 0 Å². The molecule has 2 aromatic carbocycles. The van der Waals surface area contributed by atoms with Crippen molar-refractivity contribution in [1.82, 2.24) is 0 Å². The van der Waals surface area contributed by atoms with Crippen LogP contribution in [0.1, 0.15) is 0 Å². The van der Waals surface area contributed by atoms with Crippen molar-refractivity contribution >= 4 is 17.4 Å². The first kappa shape index (κ1) is 13.7. The third kappa shape index (κ3) is 3.01. The van der Waals surface area contributed by atoms with Gasteiger partial charge in [-0.15, -0.1) is 0 Å². The zero-order valence-electron chi connectivity index (χ0n) is 9.54. The number of anilines is 1. The minimum atomic E-state index is -2.51. The molecule has 0 heterocycles. The Hall–Kier alpha value is -1.69. The number of rotatable bonds is 3. The largest absolute Gasteiger partial charge is 0.394 e. The van der Waals surface area contributed by atoms with Crippen molar-refractivity contribution in [3.05, 3.63) is 48.0 Å². The van der Waals surface area contributed by atoms with Crippen LogP contribution in [0.4, 0.5) is 23.2 Å². The van der Waals surface area contributed by atoms with E-state index >= 15 is 0 Å². The molecule has 6 heteroatoms. The molecule has 0 amide bonds. The van der Waals surface area contributed by atoms with Gasteiger partial charge in [0.05, 0.1) is 0 Å². The van der Waals surface area contributed by atoms with E-state index in [1.54, 1.807) is 0 Å². The number of nitrogen functional groups attached to an aromatic ring is 1. The summed E-state index contributed by atoms with van der Waals surface area (Å²) < 4.78 is 51.1. The lowest BCUT2D eigenvalue weighted by Gasteiger charge is -2.07. The van der Waals surface area contributed by atoms with E-state index in [0.717, 1.165) is 6.07 Å². The molecule has 0 fully saturated rings. The maximum atomic E-state index is 13.8. The van der Waals surface area contributed by atoms with Crippen LogP contribution in [0.5, 0.6) is 0 Å². The highest BCUT2D eigenvalue weighted by molar-refractivity contribution is 7.99. The summed E-state index contributed by atoms with van der Waals surface area (Å²) in [6, 6.07) is 8.20. The molecule has 0 aromatic heterocycles. The zero-order chi connectivity index (χ0) is 14.0. The van der Waals surface area contributed by atoms with Crippen LogP contribution < -0.4 is 5.73 Å². The Bertz CT molecular complexity index is 584. The van der Waals surface area contributed by atoms with Gasteiger partial charge in [-0.1, -0.05) is 23.9 Å². The molecule has 2 rings (SSSR count). The van der Waals surface area contributed by atoms with Crippen molar-refractivity contribution in [2.24, 2.45) is 0 Å². The van der Waals surface area contributed by atoms with E-state index in [1.807, 2.05) is 0 Å². The van der Waals surface area contributed by atoms with Crippen molar-refractivity contribution in [2.75, 3.05) is 5.73 Å². The molecular formula is C13H9F4NS. The van der Waals surface area contributed by atoms with E-state index in [4.69, 9.17) is 5.73 Å². The molecule has 0 radical (unpaired) electrons. The number of alkyl halides is 2. The second-order valence-corrected chi connectivity index (χ2v) is 4.79. The molecule has 0 aliphatic heterocycles. The fourth-order valence-electron chi connectivity index (χ4n) is 1.61. The highest BCUT2D eigenvalue weighted by Crippen LogP contribution is 2.31. The molecule has 0 aliphatic rings. The lowest BCUT2D eigenvalue weighted by atomic mass is 10.0. The summed E-state index contributed by atoms with van der Waals surface area (Å²) in [6.07, 6.45) is 0. The molecule has 0 spiro atoms. The normalized spacial score (nSPS) is 11.0. The molecular weight excluding hydrogens is 278 g/mol. The first-order valence-electron chi connectivity index (χ1n) is 5.27. The van der Waals surface area contributed by atoms with Crippen LogP contribution in [0.2, 0.25) is 0 Å². The molecule has 1 nitrogen and oxygen atoms in total. The van der Waals surface area contributed by atoms with Gasteiger partial charge in [0.15, 0.2) is 5.82 Å². The van der Waals surface area contributed by atoms with Gasteiger partial charge in [0.1, 0.15) is 11.5 Å². The number of thioether (sulfide) groups is 1. The first-order chi connectivity index (χ1) is 8.99. The van der Waals surface area contributed by atoms with Crippen LogP contribution in [0.15, 0.2) is 41.3 Å². The van der Waals surface area contributed by atoms with Crippen molar-refractivity contribution < 1.29 is 17.6 Å². The molecule has 0 saturated heterocycles. The SMILES string of the molecule is Nc1c(F)ccc(-c2ccc(SC(F)F)cc2)c1F. The fourth-order valence-corrected chi connectivity index (χ4v) is 2.11. The average Bonchev–Trinajstić information content (AvgIpc) is 2.37. The molecule has 0 atom stereocenters. The van der Waals surface area contributed by atoms with E-state index in [9.17, 15) is 17.6 Å². The summed E-state index contributed by atoms with van der Waals surface area (Å²) in [5, 5.41) is 0. The summed E-state index contributed by atoms with van der Waals surface area (Å²) in [5.41, 5.74) is 5.29. The average molecular weight is 287 g/mol. The monoisotopic (exact) mass is 287 g/mol. The Morgan fingerprint density at radius 2 is 1.58 bits per heavy atom. The fraction of sp³-hybridized carbons (Fsp3) is 0.0769. The summed E-state index contributed by atoms with van der Waals surface area (Å²) in [4.78, 5) is 0.370. The van der Waals surface area contributed by atoms with Crippen LogP contribution >= 0.6 is 11.8 Å². The third-order valence-corrected chi connectivity index (χ3v) is 3.24. The van der Waals surface area contributed by atoms with Gasteiger partial charge in [-0.2, -0.15) is 8.78 Å². The van der Waals surface area contributed by atoms with E-state index in [-0.39, 0.29) is 5.56 Å². The number of hydrogen-bond donors (Lipinski definition) is 1. The van der Waals surface area contributed by atoms with Gasteiger partial charge in [0.25, 0.3) is 5.76 Å². The third-order valence-electron chi connectivity index (χ3n) is 2.52. The van der Waals surface area contributed by atoms with E-state index in [2.05, 4.69) is 0 Å². The van der Waals surface area contributed by atoms with Crippen molar-refractivity contribution in [1.29, 1.82) is 0 Å². The topological polar surface area (TPSA) is 26.0 Å². The molecule has 100 valence electrons. The van der Waals surface area contributed by atoms with Crippen LogP contribution in [0.3, 0.4) is 0 Å². The predicted molar refractivity (Wildman–Crippen MR) is 68.1 cm³/mol. The maximum absolute atomic E-state index is 13.8. The van der Waals surface area contributed by atoms with E-state index in [1.165, 1.54) is 30.3 Å². The van der Waals surface area contributed by atoms with Gasteiger partial charge < -0.3 is 5.73 Å². The Morgan fingerprint density at radius 1 is 0.947 bits per heavy atom. The number of nitrogens with two attached hydrogens (primary N) is 1. The molecule has 0 aliphatic carbocycles. The first-order valence-corrected chi connectivity index (χ1v) is 6.15. The second-order valence-electron chi connectivity index (χ2n) is 3.73. The smallest absolute Gasteiger partial charge is 0.288 e. The van der Waals surface area contributed by atoms with E-state index < -0.39 is 23.1 Å². The highest BCUT2D eigenvalue weighted by Gasteiger charge is 2.12. The second kappa shape index (κ2) is 5.52. The van der Waals surface area contributed by atoms with Crippen molar-refractivity contribution in [2.45, 2.75) is 10.7 Å². The zero-order valence-corrected chi connectivity index (χ0v) is 10.4. The molecule has 2 aromatic rings. The van der Waals surface area contributed by atoms with Crippen LogP contribution in [-0.2, 0) is 0 Å². The predicted octanol–water partition coefficient (Wildman–Crippen LogP) is 4.53. The molecule has 0 unspecified atom stereocenters. The van der Waals surface area contributed by atoms with Gasteiger partial charge in [0, 0.05) is 10.5 Å². The maximum Gasteiger partial charge on any atom is 0.288 e. The number of benzene rings is 2. The molecule has 0 saturated carbocycles. The van der Waals surface area contributed by atoms with Gasteiger partial charge in [-0.05, 0) is 29.8 Å². The van der Waals surface area contributed by atoms with Crippen molar-refractivity contribution in [3.8, 4) is 11.1 Å². The Labute approximate surface area is 111 Å². The van der Waals surface area contributed by atoms with Crippen LogP contribution in [0.25, 0.3) is 11.1 Å². The Morgan fingerprint density at radius 3 is 2.16 bits per heavy atom. The molecule has 0 bridgehead atoms. The Kier molecular flexibility index (Phi) is 3.99. The summed E-state index contributed by atoms with van der Waals surface area (Å²) in [5.74, 6) is -4.19. The lowest BCUT2D eigenvalue weighted by molar-refractivity contribution is 0.252. The highest BCUT2D eigenvalue weighted by atomic mass is 32.2. The number of halogens is 4. The number of hydrogen-bond acceptors (Lipinski definition) is 2. The van der Waals surface area contributed by atoms with Gasteiger partial charge in [-0.3, -0.25) is 0 Å². The minimum absolute atomic E-state index is 0.132. The minimum Gasteiger partial charge on any atom is -0.394 e. The summed E-state index contributed by atoms with van der Waals surface area (Å²) in [7, 11) is 0. The van der Waals surface area contributed by atoms with Crippen LogP contribution in [-0.4, -0.2) is 5.76 Å². The van der Waals surface area contributed by atoms with E-state index in [0.29, 0.717) is 22.2 Å². The molecule has 2 N–H and O–H groups in total. The van der Waals surface area contributed by atoms with Crippen molar-refractivity contribution in [3.63, 3.8) is 0 Å².